The number of fused-ring (bicyclic) bond motifs is 1. The van der Waals surface area contributed by atoms with Crippen molar-refractivity contribution >= 4 is 29.1 Å². The first-order valence-corrected chi connectivity index (χ1v) is 13.1. The van der Waals surface area contributed by atoms with Crippen LogP contribution in [0.15, 0.2) is 80.1 Å². The fourth-order valence-electron chi connectivity index (χ4n) is 4.67. The third-order valence-corrected chi connectivity index (χ3v) is 7.72. The number of carbonyl (C=O) groups excluding carboxylic acids is 1. The lowest BCUT2D eigenvalue weighted by molar-refractivity contribution is -0.384. The first kappa shape index (κ1) is 26.1. The normalized spacial score (nSPS) is 15.2. The Hall–Kier alpha value is -4.57. The van der Waals surface area contributed by atoms with Crippen LogP contribution in [0.4, 0.5) is 5.69 Å². The van der Waals surface area contributed by atoms with Gasteiger partial charge in [-0.15, -0.1) is 0 Å². The van der Waals surface area contributed by atoms with Crippen molar-refractivity contribution in [2.24, 2.45) is 4.99 Å². The fraction of sp³-hybridized carbons (Fsp3) is 0.207. The van der Waals surface area contributed by atoms with E-state index in [1.165, 1.54) is 29.1 Å². The predicted octanol–water partition coefficient (Wildman–Crippen LogP) is 4.58. The number of benzene rings is 2. The first-order chi connectivity index (χ1) is 18.7. The van der Waals surface area contributed by atoms with Gasteiger partial charge in [0.05, 0.1) is 39.4 Å². The quantitative estimate of drug-likeness (QED) is 0.200. The highest BCUT2D eigenvalue weighted by molar-refractivity contribution is 7.07. The Labute approximate surface area is 227 Å². The van der Waals surface area contributed by atoms with Crippen LogP contribution < -0.4 is 14.9 Å². The molecule has 0 unspecified atom stereocenters. The number of hydrogen-bond acceptors (Lipinski definition) is 8. The molecule has 0 aliphatic carbocycles. The Balaban J connectivity index is 1.66. The minimum Gasteiger partial charge on any atom is -0.466 e. The van der Waals surface area contributed by atoms with E-state index < -0.39 is 16.9 Å². The Morgan fingerprint density at radius 1 is 1.18 bits per heavy atom. The molecule has 10 heteroatoms. The van der Waals surface area contributed by atoms with Crippen LogP contribution in [0.25, 0.3) is 17.4 Å². The summed E-state index contributed by atoms with van der Waals surface area (Å²) in [4.78, 5) is 43.0. The van der Waals surface area contributed by atoms with E-state index in [0.717, 1.165) is 16.7 Å². The molecule has 0 spiro atoms. The fourth-order valence-corrected chi connectivity index (χ4v) is 5.67. The van der Waals surface area contributed by atoms with Gasteiger partial charge in [0, 0.05) is 12.1 Å². The van der Waals surface area contributed by atoms with Crippen LogP contribution in [0.3, 0.4) is 0 Å². The molecule has 0 bridgehead atoms. The van der Waals surface area contributed by atoms with E-state index in [1.807, 2.05) is 51.1 Å². The van der Waals surface area contributed by atoms with Gasteiger partial charge in [0.1, 0.15) is 11.5 Å². The predicted molar refractivity (Wildman–Crippen MR) is 147 cm³/mol. The van der Waals surface area contributed by atoms with Crippen molar-refractivity contribution in [1.82, 2.24) is 4.57 Å². The molecule has 39 heavy (non-hydrogen) atoms. The zero-order chi connectivity index (χ0) is 27.8. The van der Waals surface area contributed by atoms with E-state index in [0.29, 0.717) is 44.1 Å². The monoisotopic (exact) mass is 543 g/mol. The van der Waals surface area contributed by atoms with Gasteiger partial charge in [-0.25, -0.2) is 9.79 Å². The number of nitro groups is 1. The van der Waals surface area contributed by atoms with Crippen molar-refractivity contribution < 1.29 is 18.9 Å². The minimum absolute atomic E-state index is 0.0522. The summed E-state index contributed by atoms with van der Waals surface area (Å²) in [5.74, 6) is 0.151. The number of thiazole rings is 1. The highest BCUT2D eigenvalue weighted by atomic mass is 32.1. The van der Waals surface area contributed by atoms with Gasteiger partial charge in [0.25, 0.3) is 11.2 Å². The van der Waals surface area contributed by atoms with Crippen molar-refractivity contribution in [2.75, 3.05) is 7.11 Å². The Morgan fingerprint density at radius 2 is 1.90 bits per heavy atom. The molecule has 1 atom stereocenters. The maximum Gasteiger partial charge on any atom is 0.338 e. The van der Waals surface area contributed by atoms with Crippen LogP contribution in [-0.4, -0.2) is 22.6 Å². The van der Waals surface area contributed by atoms with Gasteiger partial charge in [-0.2, -0.15) is 0 Å². The maximum atomic E-state index is 13.7. The van der Waals surface area contributed by atoms with Gasteiger partial charge in [-0.3, -0.25) is 19.5 Å². The van der Waals surface area contributed by atoms with Crippen molar-refractivity contribution in [3.63, 3.8) is 0 Å². The van der Waals surface area contributed by atoms with Gasteiger partial charge in [0.2, 0.25) is 0 Å². The highest BCUT2D eigenvalue weighted by Crippen LogP contribution is 2.34. The van der Waals surface area contributed by atoms with Crippen LogP contribution in [-0.2, 0) is 9.53 Å². The van der Waals surface area contributed by atoms with E-state index in [4.69, 9.17) is 9.15 Å². The number of nitrogens with zero attached hydrogens (tertiary/aromatic N) is 3. The van der Waals surface area contributed by atoms with Crippen molar-refractivity contribution in [1.29, 1.82) is 0 Å². The highest BCUT2D eigenvalue weighted by Gasteiger charge is 2.33. The molecule has 3 heterocycles. The average molecular weight is 544 g/mol. The molecule has 198 valence electrons. The van der Waals surface area contributed by atoms with E-state index in [-0.39, 0.29) is 11.2 Å². The third-order valence-electron chi connectivity index (χ3n) is 6.74. The molecule has 1 aliphatic heterocycles. The topological polar surface area (TPSA) is 117 Å². The minimum atomic E-state index is -0.697. The summed E-state index contributed by atoms with van der Waals surface area (Å²) in [6.45, 7) is 5.59. The zero-order valence-electron chi connectivity index (χ0n) is 21.8. The molecular formula is C29H25N3O6S. The van der Waals surface area contributed by atoms with Crippen LogP contribution >= 0.6 is 11.3 Å². The standard InChI is InChI=1S/C29H25N3O6S/c1-5-21-25(28(34)37-4)26(18-9-7-6-8-10-18)31-27(33)24(39-29(31)30-21)15-19-11-12-23(38-19)20-13-16(2)17(3)14-22(20)32(35)36/h6-15,26H,5H2,1-4H3/b24-15-/t26-/m0/s1. The number of furan rings is 1. The van der Waals surface area contributed by atoms with Crippen molar-refractivity contribution in [2.45, 2.75) is 33.2 Å². The molecule has 0 fully saturated rings. The van der Waals surface area contributed by atoms with Crippen molar-refractivity contribution in [3.05, 3.63) is 118 Å². The van der Waals surface area contributed by atoms with Crippen LogP contribution in [0.1, 0.15) is 41.8 Å². The molecule has 2 aromatic carbocycles. The number of rotatable bonds is 6. The second kappa shape index (κ2) is 10.3. The number of allylic oxidation sites excluding steroid dienone is 1. The zero-order valence-corrected chi connectivity index (χ0v) is 22.6. The van der Waals surface area contributed by atoms with E-state index >= 15 is 0 Å². The second-order valence-corrected chi connectivity index (χ2v) is 10.1. The number of ether oxygens (including phenoxy) is 1. The van der Waals surface area contributed by atoms with Gasteiger partial charge in [-0.05, 0) is 55.2 Å². The van der Waals surface area contributed by atoms with Crippen molar-refractivity contribution in [3.8, 4) is 11.3 Å². The molecule has 2 aromatic heterocycles. The number of carbonyl (C=O) groups is 1. The molecular weight excluding hydrogens is 518 g/mol. The molecule has 0 N–H and O–H groups in total. The van der Waals surface area contributed by atoms with Crippen LogP contribution in [0.5, 0.6) is 0 Å². The number of aromatic nitrogens is 1. The Morgan fingerprint density at radius 3 is 2.56 bits per heavy atom. The summed E-state index contributed by atoms with van der Waals surface area (Å²) in [6.07, 6.45) is 2.07. The summed E-state index contributed by atoms with van der Waals surface area (Å²) in [5.41, 5.74) is 3.33. The van der Waals surface area contributed by atoms with Gasteiger partial charge >= 0.3 is 5.97 Å². The summed E-state index contributed by atoms with van der Waals surface area (Å²) in [7, 11) is 1.31. The molecule has 0 radical (unpaired) electrons. The lowest BCUT2D eigenvalue weighted by atomic mass is 9.95. The summed E-state index contributed by atoms with van der Waals surface area (Å²) in [5, 5.41) is 11.7. The Bertz CT molecular complexity index is 1830. The maximum absolute atomic E-state index is 13.7. The molecule has 0 saturated heterocycles. The lowest BCUT2D eigenvalue weighted by Gasteiger charge is -2.25. The lowest BCUT2D eigenvalue weighted by Crippen LogP contribution is -2.40. The molecule has 9 nitrogen and oxygen atoms in total. The number of aryl methyl sites for hydroxylation is 2. The average Bonchev–Trinajstić information content (AvgIpc) is 3.53. The number of esters is 1. The summed E-state index contributed by atoms with van der Waals surface area (Å²) >= 11 is 1.19. The van der Waals surface area contributed by atoms with E-state index in [9.17, 15) is 19.7 Å². The third kappa shape index (κ3) is 4.63. The Kier molecular flexibility index (Phi) is 6.88. The van der Waals surface area contributed by atoms with E-state index in [2.05, 4.69) is 4.99 Å². The van der Waals surface area contributed by atoms with Crippen LogP contribution in [0.2, 0.25) is 0 Å². The number of hydrogen-bond donors (Lipinski definition) is 0. The molecule has 5 rings (SSSR count). The molecule has 0 amide bonds. The molecule has 0 saturated carbocycles. The van der Waals surface area contributed by atoms with Gasteiger partial charge in [-0.1, -0.05) is 48.6 Å². The SMILES string of the molecule is CCC1=C(C(=O)OC)[C@H](c2ccccc2)n2c(s/c(=C\c3ccc(-c4cc(C)c(C)cc4[N+](=O)[O-])o3)c2=O)=N1. The molecule has 1 aliphatic rings. The smallest absolute Gasteiger partial charge is 0.338 e. The first-order valence-electron chi connectivity index (χ1n) is 12.3. The van der Waals surface area contributed by atoms with Crippen LogP contribution in [0, 0.1) is 24.0 Å². The number of methoxy groups -OCH3 is 1. The second-order valence-electron chi connectivity index (χ2n) is 9.11. The molecule has 4 aromatic rings. The van der Waals surface area contributed by atoms with E-state index in [1.54, 1.807) is 24.3 Å². The van der Waals surface area contributed by atoms with Gasteiger partial charge < -0.3 is 9.15 Å². The number of nitro benzene ring substituents is 1. The summed E-state index contributed by atoms with van der Waals surface area (Å²) < 4.78 is 12.9. The van der Waals surface area contributed by atoms with Gasteiger partial charge in [0.15, 0.2) is 4.80 Å². The summed E-state index contributed by atoms with van der Waals surface area (Å²) in [6, 6.07) is 15.2. The largest absolute Gasteiger partial charge is 0.466 e.